The van der Waals surface area contributed by atoms with Crippen LogP contribution < -0.4 is 11.1 Å². The number of amides is 1. The number of carbonyl (C=O) groups excluding carboxylic acids is 1. The first-order valence-electron chi connectivity index (χ1n) is 8.88. The minimum Gasteiger partial charge on any atom is -0.377 e. The molecule has 134 valence electrons. The summed E-state index contributed by atoms with van der Waals surface area (Å²) in [5.41, 5.74) is 6.10. The predicted molar refractivity (Wildman–Crippen MR) is 92.7 cm³/mol. The standard InChI is InChI=1S/C18H25N5O2/c1-11(15-22-21-13-8-4-5-9-23(13)15)20-16(24)18(19)12-7-6-10-25-14(12)17(18,2)3/h4-5,8-9,11-12,14H,6-7,10,19H2,1-3H3,(H,20,24). The van der Waals surface area contributed by atoms with Crippen LogP contribution in [0.2, 0.25) is 0 Å². The molecule has 4 unspecified atom stereocenters. The molecule has 3 N–H and O–H groups in total. The summed E-state index contributed by atoms with van der Waals surface area (Å²) in [6.07, 6.45) is 3.83. The lowest BCUT2D eigenvalue weighted by atomic mass is 9.46. The van der Waals surface area contributed by atoms with E-state index in [9.17, 15) is 4.79 Å². The largest absolute Gasteiger partial charge is 0.377 e. The van der Waals surface area contributed by atoms with Crippen LogP contribution in [0.1, 0.15) is 45.5 Å². The van der Waals surface area contributed by atoms with E-state index in [2.05, 4.69) is 15.5 Å². The van der Waals surface area contributed by atoms with Crippen LogP contribution in [-0.2, 0) is 9.53 Å². The second kappa shape index (κ2) is 5.51. The Morgan fingerprint density at radius 1 is 1.44 bits per heavy atom. The lowest BCUT2D eigenvalue weighted by Gasteiger charge is -2.65. The smallest absolute Gasteiger partial charge is 0.241 e. The van der Waals surface area contributed by atoms with Gasteiger partial charge in [0.15, 0.2) is 11.5 Å². The molecule has 25 heavy (non-hydrogen) atoms. The van der Waals surface area contributed by atoms with Crippen molar-refractivity contribution in [1.82, 2.24) is 19.9 Å². The molecule has 0 aromatic carbocycles. The number of pyridine rings is 1. The van der Waals surface area contributed by atoms with Crippen LogP contribution in [0.4, 0.5) is 0 Å². The summed E-state index contributed by atoms with van der Waals surface area (Å²) in [6.45, 7) is 6.71. The fourth-order valence-electron chi connectivity index (χ4n) is 4.57. The number of nitrogens with zero attached hydrogens (tertiary/aromatic N) is 3. The lowest BCUT2D eigenvalue weighted by molar-refractivity contribution is -0.225. The van der Waals surface area contributed by atoms with E-state index in [0.717, 1.165) is 25.1 Å². The van der Waals surface area contributed by atoms with Crippen molar-refractivity contribution in [2.24, 2.45) is 17.1 Å². The van der Waals surface area contributed by atoms with Crippen molar-refractivity contribution < 1.29 is 9.53 Å². The zero-order valence-corrected chi connectivity index (χ0v) is 14.9. The van der Waals surface area contributed by atoms with Gasteiger partial charge in [0.05, 0.1) is 12.1 Å². The molecule has 1 aliphatic heterocycles. The fraction of sp³-hybridized carbons (Fsp3) is 0.611. The maximum atomic E-state index is 13.1. The van der Waals surface area contributed by atoms with E-state index >= 15 is 0 Å². The molecule has 7 nitrogen and oxygen atoms in total. The molecule has 1 aliphatic carbocycles. The van der Waals surface area contributed by atoms with Gasteiger partial charge < -0.3 is 15.8 Å². The summed E-state index contributed by atoms with van der Waals surface area (Å²) in [6, 6.07) is 5.42. The molecule has 2 aromatic heterocycles. The summed E-state index contributed by atoms with van der Waals surface area (Å²) in [7, 11) is 0. The molecule has 2 aliphatic rings. The molecule has 0 spiro atoms. The first-order chi connectivity index (χ1) is 11.9. The van der Waals surface area contributed by atoms with Crippen molar-refractivity contribution in [1.29, 1.82) is 0 Å². The molecule has 3 heterocycles. The number of rotatable bonds is 3. The number of carbonyl (C=O) groups is 1. The van der Waals surface area contributed by atoms with Gasteiger partial charge in [-0.25, -0.2) is 0 Å². The van der Waals surface area contributed by atoms with Gasteiger partial charge in [-0.05, 0) is 31.9 Å². The normalized spacial score (nSPS) is 31.8. The maximum absolute atomic E-state index is 13.1. The highest BCUT2D eigenvalue weighted by atomic mass is 16.5. The number of fused-ring (bicyclic) bond motifs is 2. The average molecular weight is 343 g/mol. The minimum atomic E-state index is -0.924. The van der Waals surface area contributed by atoms with Gasteiger partial charge in [-0.2, -0.15) is 0 Å². The molecule has 2 fully saturated rings. The van der Waals surface area contributed by atoms with Crippen molar-refractivity contribution in [3.8, 4) is 0 Å². The third kappa shape index (κ3) is 2.15. The van der Waals surface area contributed by atoms with Crippen LogP contribution in [0.25, 0.3) is 5.65 Å². The Hall–Kier alpha value is -1.99. The van der Waals surface area contributed by atoms with Crippen LogP contribution >= 0.6 is 0 Å². The number of hydrogen-bond donors (Lipinski definition) is 2. The monoisotopic (exact) mass is 343 g/mol. The van der Waals surface area contributed by atoms with Crippen LogP contribution in [-0.4, -0.2) is 38.8 Å². The van der Waals surface area contributed by atoms with Gasteiger partial charge in [-0.1, -0.05) is 19.9 Å². The Labute approximate surface area is 146 Å². The highest BCUT2D eigenvalue weighted by Gasteiger charge is 2.70. The van der Waals surface area contributed by atoms with Gasteiger partial charge >= 0.3 is 0 Å². The summed E-state index contributed by atoms with van der Waals surface area (Å²) in [4.78, 5) is 13.1. The number of nitrogens with one attached hydrogen (secondary N) is 1. The SMILES string of the molecule is CC(NC(=O)C1(N)C2CCCOC2C1(C)C)c1nnc2ccccn12. The molecule has 7 heteroatoms. The Kier molecular flexibility index (Phi) is 3.63. The van der Waals surface area contributed by atoms with E-state index < -0.39 is 11.0 Å². The highest BCUT2D eigenvalue weighted by molar-refractivity contribution is 5.89. The van der Waals surface area contributed by atoms with Crippen molar-refractivity contribution >= 4 is 11.6 Å². The van der Waals surface area contributed by atoms with E-state index in [1.54, 1.807) is 0 Å². The van der Waals surface area contributed by atoms with E-state index in [-0.39, 0.29) is 24.0 Å². The van der Waals surface area contributed by atoms with Crippen molar-refractivity contribution in [2.45, 2.75) is 51.3 Å². The van der Waals surface area contributed by atoms with Crippen molar-refractivity contribution in [3.63, 3.8) is 0 Å². The van der Waals surface area contributed by atoms with Gasteiger partial charge in [0.25, 0.3) is 0 Å². The molecule has 1 amide bonds. The van der Waals surface area contributed by atoms with Crippen LogP contribution in [0.15, 0.2) is 24.4 Å². The zero-order valence-electron chi connectivity index (χ0n) is 14.9. The van der Waals surface area contributed by atoms with Crippen molar-refractivity contribution in [3.05, 3.63) is 30.2 Å². The lowest BCUT2D eigenvalue weighted by Crippen LogP contribution is -2.82. The van der Waals surface area contributed by atoms with Gasteiger partial charge in [-0.3, -0.25) is 9.20 Å². The number of ether oxygens (including phenoxy) is 1. The predicted octanol–water partition coefficient (Wildman–Crippen LogP) is 1.44. The summed E-state index contributed by atoms with van der Waals surface area (Å²) in [5, 5.41) is 11.4. The first-order valence-corrected chi connectivity index (χ1v) is 8.88. The molecule has 0 radical (unpaired) electrons. The van der Waals surface area contributed by atoms with E-state index in [1.807, 2.05) is 49.6 Å². The number of hydrogen-bond acceptors (Lipinski definition) is 5. The van der Waals surface area contributed by atoms with Gasteiger partial charge in [0.1, 0.15) is 5.54 Å². The quantitative estimate of drug-likeness (QED) is 0.879. The molecule has 4 rings (SSSR count). The van der Waals surface area contributed by atoms with Gasteiger partial charge in [0.2, 0.25) is 5.91 Å². The summed E-state index contributed by atoms with van der Waals surface area (Å²) < 4.78 is 7.77. The summed E-state index contributed by atoms with van der Waals surface area (Å²) in [5.74, 6) is 0.629. The Bertz CT molecular complexity index is 817. The molecule has 2 aromatic rings. The Morgan fingerprint density at radius 2 is 2.24 bits per heavy atom. The van der Waals surface area contributed by atoms with Crippen LogP contribution in [0.3, 0.4) is 0 Å². The van der Waals surface area contributed by atoms with E-state index in [0.29, 0.717) is 5.82 Å². The van der Waals surface area contributed by atoms with Gasteiger partial charge in [0, 0.05) is 24.1 Å². The molecule has 4 atom stereocenters. The Balaban J connectivity index is 1.57. The first kappa shape index (κ1) is 16.5. The van der Waals surface area contributed by atoms with Crippen LogP contribution in [0.5, 0.6) is 0 Å². The zero-order chi connectivity index (χ0) is 17.8. The third-order valence-electron chi connectivity index (χ3n) is 6.14. The molecular formula is C18H25N5O2. The molecule has 1 saturated heterocycles. The molecule has 1 saturated carbocycles. The topological polar surface area (TPSA) is 94.5 Å². The van der Waals surface area contributed by atoms with E-state index in [1.165, 1.54) is 0 Å². The van der Waals surface area contributed by atoms with Crippen LogP contribution in [0, 0.1) is 11.3 Å². The fourth-order valence-corrected chi connectivity index (χ4v) is 4.57. The van der Waals surface area contributed by atoms with Gasteiger partial charge in [-0.15, -0.1) is 10.2 Å². The average Bonchev–Trinajstić information content (AvgIpc) is 3.05. The summed E-state index contributed by atoms with van der Waals surface area (Å²) >= 11 is 0. The highest BCUT2D eigenvalue weighted by Crippen LogP contribution is 2.57. The maximum Gasteiger partial charge on any atom is 0.241 e. The number of aromatic nitrogens is 3. The number of nitrogens with two attached hydrogens (primary N) is 1. The Morgan fingerprint density at radius 3 is 3.04 bits per heavy atom. The van der Waals surface area contributed by atoms with Crippen molar-refractivity contribution in [2.75, 3.05) is 6.61 Å². The second-order valence-corrected chi connectivity index (χ2v) is 7.81. The molecular weight excluding hydrogens is 318 g/mol. The minimum absolute atomic E-state index is 0.0567. The van der Waals surface area contributed by atoms with E-state index in [4.69, 9.17) is 10.5 Å². The molecule has 0 bridgehead atoms. The second-order valence-electron chi connectivity index (χ2n) is 7.81. The third-order valence-corrected chi connectivity index (χ3v) is 6.14.